The first kappa shape index (κ1) is 12.1. The summed E-state index contributed by atoms with van der Waals surface area (Å²) >= 11 is 0. The van der Waals surface area contributed by atoms with Crippen molar-refractivity contribution in [3.63, 3.8) is 0 Å². The fourth-order valence-electron chi connectivity index (χ4n) is 1.55. The summed E-state index contributed by atoms with van der Waals surface area (Å²) in [5, 5.41) is 9.58. The van der Waals surface area contributed by atoms with Crippen molar-refractivity contribution in [2.75, 3.05) is 7.11 Å². The van der Waals surface area contributed by atoms with Crippen LogP contribution in [0, 0.1) is 0 Å². The van der Waals surface area contributed by atoms with Crippen LogP contribution in [0.4, 0.5) is 0 Å². The molecule has 1 aromatic carbocycles. The van der Waals surface area contributed by atoms with Crippen LogP contribution < -0.4 is 10.5 Å². The van der Waals surface area contributed by atoms with Crippen LogP contribution in [0.3, 0.4) is 0 Å². The average Bonchev–Trinajstić information content (AvgIpc) is 2.26. The van der Waals surface area contributed by atoms with Gasteiger partial charge in [-0.05, 0) is 24.1 Å². The molecule has 0 fully saturated rings. The maximum Gasteiger partial charge on any atom is 0.241 e. The van der Waals surface area contributed by atoms with Gasteiger partial charge in [-0.1, -0.05) is 13.0 Å². The molecule has 0 aliphatic heterocycles. The number of rotatable bonds is 4. The van der Waals surface area contributed by atoms with Gasteiger partial charge in [0.1, 0.15) is 0 Å². The van der Waals surface area contributed by atoms with Gasteiger partial charge in [-0.15, -0.1) is 0 Å². The lowest BCUT2D eigenvalue weighted by Crippen LogP contribution is -2.05. The molecule has 86 valence electrons. The normalized spacial score (nSPS) is 10.6. The lowest BCUT2D eigenvalue weighted by atomic mass is 10.0. The van der Waals surface area contributed by atoms with Gasteiger partial charge in [-0.25, -0.2) is 0 Å². The molecule has 4 nitrogen and oxygen atoms in total. The highest BCUT2D eigenvalue weighted by molar-refractivity contribution is 5.90. The number of amides is 1. The van der Waals surface area contributed by atoms with Gasteiger partial charge in [0.2, 0.25) is 5.91 Å². The Bertz CT molecular complexity index is 425. The van der Waals surface area contributed by atoms with Gasteiger partial charge in [0.15, 0.2) is 11.5 Å². The van der Waals surface area contributed by atoms with Crippen LogP contribution in [0.2, 0.25) is 0 Å². The Labute approximate surface area is 94.3 Å². The number of aromatic hydroxyl groups is 1. The minimum atomic E-state index is -0.505. The average molecular weight is 221 g/mol. The van der Waals surface area contributed by atoms with Gasteiger partial charge in [-0.3, -0.25) is 4.79 Å². The third-order valence-corrected chi connectivity index (χ3v) is 2.26. The molecule has 1 amide bonds. The van der Waals surface area contributed by atoms with Crippen LogP contribution in [-0.4, -0.2) is 18.1 Å². The second kappa shape index (κ2) is 5.21. The molecule has 0 aliphatic carbocycles. The molecule has 4 heteroatoms. The molecule has 0 heterocycles. The van der Waals surface area contributed by atoms with E-state index in [1.807, 2.05) is 6.92 Å². The molecule has 0 atom stereocenters. The number of benzene rings is 1. The molecule has 0 saturated carbocycles. The fourth-order valence-corrected chi connectivity index (χ4v) is 1.55. The summed E-state index contributed by atoms with van der Waals surface area (Å²) in [6.45, 7) is 1.94. The number of hydrogen-bond donors (Lipinski definition) is 2. The van der Waals surface area contributed by atoms with Crippen molar-refractivity contribution in [1.29, 1.82) is 0 Å². The third kappa shape index (κ3) is 2.53. The number of phenolic OH excluding ortho intramolecular Hbond substituents is 1. The number of methoxy groups -OCH3 is 1. The molecule has 0 radical (unpaired) electrons. The minimum absolute atomic E-state index is 0.0931. The Morgan fingerprint density at radius 2 is 2.25 bits per heavy atom. The first-order chi connectivity index (χ1) is 7.60. The summed E-state index contributed by atoms with van der Waals surface area (Å²) in [6, 6.07) is 3.24. The van der Waals surface area contributed by atoms with Crippen molar-refractivity contribution < 1.29 is 14.6 Å². The third-order valence-electron chi connectivity index (χ3n) is 2.26. The van der Waals surface area contributed by atoms with E-state index in [-0.39, 0.29) is 5.75 Å². The molecule has 0 aromatic heterocycles. The van der Waals surface area contributed by atoms with Crippen LogP contribution in [0.15, 0.2) is 18.2 Å². The SMILES string of the molecule is CCc1c(C=CC(N)=O)ccc(O)c1OC. The number of ether oxygens (including phenoxy) is 1. The van der Waals surface area contributed by atoms with Gasteiger partial charge in [0, 0.05) is 11.6 Å². The largest absolute Gasteiger partial charge is 0.504 e. The molecular formula is C12H15NO3. The van der Waals surface area contributed by atoms with E-state index in [0.717, 1.165) is 11.1 Å². The summed E-state index contributed by atoms with van der Waals surface area (Å²) in [6.07, 6.45) is 3.59. The molecule has 0 bridgehead atoms. The molecule has 0 spiro atoms. The zero-order valence-corrected chi connectivity index (χ0v) is 9.36. The maximum absolute atomic E-state index is 10.6. The number of primary amides is 1. The maximum atomic E-state index is 10.6. The molecule has 1 aromatic rings. The van der Waals surface area contributed by atoms with E-state index in [9.17, 15) is 9.90 Å². The summed E-state index contributed by atoms with van der Waals surface area (Å²) < 4.78 is 5.11. The molecule has 0 aliphatic rings. The Morgan fingerprint density at radius 1 is 1.56 bits per heavy atom. The minimum Gasteiger partial charge on any atom is -0.504 e. The van der Waals surface area contributed by atoms with Gasteiger partial charge in [-0.2, -0.15) is 0 Å². The highest BCUT2D eigenvalue weighted by Gasteiger charge is 2.10. The van der Waals surface area contributed by atoms with Crippen molar-refractivity contribution in [2.45, 2.75) is 13.3 Å². The predicted octanol–water partition coefficient (Wildman–Crippen LogP) is 1.46. The van der Waals surface area contributed by atoms with Crippen LogP contribution in [0.5, 0.6) is 11.5 Å². The molecular weight excluding hydrogens is 206 g/mol. The first-order valence-electron chi connectivity index (χ1n) is 4.96. The van der Waals surface area contributed by atoms with Gasteiger partial charge >= 0.3 is 0 Å². The molecule has 3 N–H and O–H groups in total. The standard InChI is InChI=1S/C12H15NO3/c1-3-9-8(5-7-11(13)15)4-6-10(14)12(9)16-2/h4-7,14H,3H2,1-2H3,(H2,13,15). The molecule has 1 rings (SSSR count). The second-order valence-corrected chi connectivity index (χ2v) is 3.27. The number of nitrogens with two attached hydrogens (primary N) is 1. The summed E-state index contributed by atoms with van der Waals surface area (Å²) in [5.74, 6) is 0.0267. The van der Waals surface area contributed by atoms with E-state index in [0.29, 0.717) is 12.2 Å². The number of carbonyl (C=O) groups is 1. The zero-order chi connectivity index (χ0) is 12.1. The topological polar surface area (TPSA) is 72.6 Å². The number of carbonyl (C=O) groups excluding carboxylic acids is 1. The second-order valence-electron chi connectivity index (χ2n) is 3.27. The van der Waals surface area contributed by atoms with Crippen LogP contribution in [0.1, 0.15) is 18.1 Å². The number of hydrogen-bond acceptors (Lipinski definition) is 3. The van der Waals surface area contributed by atoms with Crippen LogP contribution in [-0.2, 0) is 11.2 Å². The lowest BCUT2D eigenvalue weighted by Gasteiger charge is -2.11. The van der Waals surface area contributed by atoms with E-state index in [2.05, 4.69) is 0 Å². The number of phenols is 1. The van der Waals surface area contributed by atoms with Crippen molar-refractivity contribution >= 4 is 12.0 Å². The predicted molar refractivity (Wildman–Crippen MR) is 62.3 cm³/mol. The summed E-state index contributed by atoms with van der Waals surface area (Å²) in [4.78, 5) is 10.6. The van der Waals surface area contributed by atoms with Crippen molar-refractivity contribution in [3.8, 4) is 11.5 Å². The zero-order valence-electron chi connectivity index (χ0n) is 9.36. The van der Waals surface area contributed by atoms with Crippen molar-refractivity contribution in [2.24, 2.45) is 5.73 Å². The Kier molecular flexibility index (Phi) is 3.94. The molecule has 0 saturated heterocycles. The van der Waals surface area contributed by atoms with E-state index < -0.39 is 5.91 Å². The Morgan fingerprint density at radius 3 is 2.75 bits per heavy atom. The Hall–Kier alpha value is -1.97. The van der Waals surface area contributed by atoms with Crippen molar-refractivity contribution in [3.05, 3.63) is 29.3 Å². The van der Waals surface area contributed by atoms with E-state index in [4.69, 9.17) is 10.5 Å². The lowest BCUT2D eigenvalue weighted by molar-refractivity contribution is -0.113. The van der Waals surface area contributed by atoms with Gasteiger partial charge < -0.3 is 15.6 Å². The first-order valence-corrected chi connectivity index (χ1v) is 4.96. The highest BCUT2D eigenvalue weighted by Crippen LogP contribution is 2.33. The monoisotopic (exact) mass is 221 g/mol. The smallest absolute Gasteiger partial charge is 0.241 e. The van der Waals surface area contributed by atoms with Crippen molar-refractivity contribution in [1.82, 2.24) is 0 Å². The van der Waals surface area contributed by atoms with Crippen LogP contribution in [0.25, 0.3) is 6.08 Å². The molecule has 16 heavy (non-hydrogen) atoms. The fraction of sp³-hybridized carbons (Fsp3) is 0.250. The van der Waals surface area contributed by atoms with Gasteiger partial charge in [0.25, 0.3) is 0 Å². The summed E-state index contributed by atoms with van der Waals surface area (Å²) in [7, 11) is 1.50. The van der Waals surface area contributed by atoms with E-state index >= 15 is 0 Å². The van der Waals surface area contributed by atoms with E-state index in [1.54, 1.807) is 12.1 Å². The molecule has 0 unspecified atom stereocenters. The Balaban J connectivity index is 3.24. The van der Waals surface area contributed by atoms with Crippen LogP contribution >= 0.6 is 0 Å². The van der Waals surface area contributed by atoms with Gasteiger partial charge in [0.05, 0.1) is 7.11 Å². The highest BCUT2D eigenvalue weighted by atomic mass is 16.5. The van der Waals surface area contributed by atoms with E-state index in [1.165, 1.54) is 19.3 Å². The summed E-state index contributed by atoms with van der Waals surface area (Å²) in [5.41, 5.74) is 6.69. The quantitative estimate of drug-likeness (QED) is 0.756.